The van der Waals surface area contributed by atoms with Gasteiger partial charge in [-0.3, -0.25) is 14.4 Å². The molecule has 0 radical (unpaired) electrons. The maximum absolute atomic E-state index is 13.0. The number of amides is 3. The van der Waals surface area contributed by atoms with Crippen LogP contribution in [0.1, 0.15) is 32.8 Å². The highest BCUT2D eigenvalue weighted by molar-refractivity contribution is 7.89. The van der Waals surface area contributed by atoms with E-state index in [9.17, 15) is 22.8 Å². The number of likely N-dealkylation sites (tertiary alicyclic amines) is 1. The average Bonchev–Trinajstić information content (AvgIpc) is 3.54. The molecule has 4 aromatic rings. The van der Waals surface area contributed by atoms with Gasteiger partial charge >= 0.3 is 0 Å². The standard InChI is InChI=1S/C29H29N5O5S2/c1-18-13-23(16-34(18)41(4,38)39)28(37)33-12-11-25(33)26(35)31-29-30-24(17-40-29)21-9-5-7-19(14-21)20-8-6-10-22(15-20)27(36)32(2)3/h5-10,13-17,25H,11-12H2,1-4H3,(H,30,31,35)/t25-/m0/s1. The lowest BCUT2D eigenvalue weighted by molar-refractivity contribution is -0.123. The highest BCUT2D eigenvalue weighted by Crippen LogP contribution is 2.30. The fraction of sp³-hybridized carbons (Fsp3) is 0.241. The third-order valence-corrected chi connectivity index (χ3v) is 8.76. The predicted molar refractivity (Wildman–Crippen MR) is 158 cm³/mol. The maximum Gasteiger partial charge on any atom is 0.256 e. The van der Waals surface area contributed by atoms with Crippen molar-refractivity contribution in [1.82, 2.24) is 18.8 Å². The van der Waals surface area contributed by atoms with Gasteiger partial charge in [0.05, 0.1) is 17.5 Å². The van der Waals surface area contributed by atoms with E-state index in [2.05, 4.69) is 10.3 Å². The van der Waals surface area contributed by atoms with Gasteiger partial charge in [0, 0.05) is 49.0 Å². The maximum atomic E-state index is 13.0. The van der Waals surface area contributed by atoms with Crippen LogP contribution in [0.2, 0.25) is 0 Å². The molecule has 0 spiro atoms. The quantitative estimate of drug-likeness (QED) is 0.347. The first-order chi connectivity index (χ1) is 19.4. The molecular weight excluding hydrogens is 562 g/mol. The lowest BCUT2D eigenvalue weighted by Gasteiger charge is -2.39. The van der Waals surface area contributed by atoms with Crippen LogP contribution in [0.25, 0.3) is 22.4 Å². The van der Waals surface area contributed by atoms with Crippen LogP contribution in [-0.4, -0.2) is 77.8 Å². The molecule has 1 aliphatic heterocycles. The Kier molecular flexibility index (Phi) is 7.54. The minimum absolute atomic E-state index is 0.0722. The Balaban J connectivity index is 1.28. The molecule has 0 aliphatic carbocycles. The minimum Gasteiger partial charge on any atom is -0.345 e. The fourth-order valence-corrected chi connectivity index (χ4v) is 6.30. The first-order valence-corrected chi connectivity index (χ1v) is 15.5. The zero-order chi connectivity index (χ0) is 29.5. The number of nitrogens with zero attached hydrogens (tertiary/aromatic N) is 4. The summed E-state index contributed by atoms with van der Waals surface area (Å²) < 4.78 is 24.9. The fourth-order valence-electron chi connectivity index (χ4n) is 4.70. The molecule has 10 nitrogen and oxygen atoms in total. The molecule has 41 heavy (non-hydrogen) atoms. The third kappa shape index (κ3) is 5.79. The number of thiazole rings is 1. The molecule has 2 aromatic heterocycles. The summed E-state index contributed by atoms with van der Waals surface area (Å²) in [5.41, 5.74) is 4.62. The molecule has 0 saturated carbocycles. The van der Waals surface area contributed by atoms with Crippen LogP contribution in [0.3, 0.4) is 0 Å². The summed E-state index contributed by atoms with van der Waals surface area (Å²) in [6, 6.07) is 16.1. The van der Waals surface area contributed by atoms with Gasteiger partial charge in [-0.05, 0) is 48.7 Å². The van der Waals surface area contributed by atoms with Crippen molar-refractivity contribution in [3.05, 3.63) is 83.0 Å². The summed E-state index contributed by atoms with van der Waals surface area (Å²) in [7, 11) is -0.101. The van der Waals surface area contributed by atoms with Gasteiger partial charge in [0.25, 0.3) is 11.8 Å². The van der Waals surface area contributed by atoms with Crippen molar-refractivity contribution in [2.45, 2.75) is 19.4 Å². The lowest BCUT2D eigenvalue weighted by atomic mass is 10.00. The molecule has 1 N–H and O–H groups in total. The second kappa shape index (κ2) is 10.9. The summed E-state index contributed by atoms with van der Waals surface area (Å²) in [4.78, 5) is 46.0. The molecule has 1 fully saturated rings. The third-order valence-electron chi connectivity index (χ3n) is 6.90. The van der Waals surface area contributed by atoms with E-state index < -0.39 is 22.0 Å². The number of nitrogens with one attached hydrogen (secondary N) is 1. The zero-order valence-electron chi connectivity index (χ0n) is 23.0. The lowest BCUT2D eigenvalue weighted by Crippen LogP contribution is -2.56. The van der Waals surface area contributed by atoms with Gasteiger partial charge in [0.15, 0.2) is 5.13 Å². The number of benzene rings is 2. The van der Waals surface area contributed by atoms with Crippen molar-refractivity contribution in [3.8, 4) is 22.4 Å². The van der Waals surface area contributed by atoms with E-state index in [0.717, 1.165) is 26.9 Å². The van der Waals surface area contributed by atoms with Crippen LogP contribution >= 0.6 is 11.3 Å². The number of rotatable bonds is 7. The van der Waals surface area contributed by atoms with Gasteiger partial charge in [-0.25, -0.2) is 17.4 Å². The first-order valence-electron chi connectivity index (χ1n) is 12.8. The molecule has 212 valence electrons. The number of anilines is 1. The largest absolute Gasteiger partial charge is 0.345 e. The van der Waals surface area contributed by atoms with Gasteiger partial charge in [0.1, 0.15) is 6.04 Å². The zero-order valence-corrected chi connectivity index (χ0v) is 24.6. The van der Waals surface area contributed by atoms with Crippen molar-refractivity contribution in [3.63, 3.8) is 0 Å². The highest BCUT2D eigenvalue weighted by Gasteiger charge is 2.39. The molecule has 3 amide bonds. The summed E-state index contributed by atoms with van der Waals surface area (Å²) in [5.74, 6) is -0.812. The van der Waals surface area contributed by atoms with E-state index in [1.54, 1.807) is 27.1 Å². The predicted octanol–water partition coefficient (Wildman–Crippen LogP) is 3.95. The number of aromatic nitrogens is 2. The second-order valence-electron chi connectivity index (χ2n) is 10.1. The van der Waals surface area contributed by atoms with Crippen LogP contribution < -0.4 is 5.32 Å². The van der Waals surface area contributed by atoms with Crippen molar-refractivity contribution in [2.75, 3.05) is 32.2 Å². The summed E-state index contributed by atoms with van der Waals surface area (Å²) >= 11 is 1.28. The van der Waals surface area contributed by atoms with Gasteiger partial charge in [0.2, 0.25) is 15.9 Å². The molecule has 1 atom stereocenters. The average molecular weight is 592 g/mol. The Bertz CT molecular complexity index is 1770. The molecule has 0 unspecified atom stereocenters. The molecule has 3 heterocycles. The summed E-state index contributed by atoms with van der Waals surface area (Å²) in [6.07, 6.45) is 2.86. The van der Waals surface area contributed by atoms with Gasteiger partial charge in [-0.1, -0.05) is 30.3 Å². The Hall–Kier alpha value is -4.29. The Morgan fingerprint density at radius 2 is 1.68 bits per heavy atom. The number of hydrogen-bond acceptors (Lipinski definition) is 7. The second-order valence-corrected chi connectivity index (χ2v) is 12.8. The Morgan fingerprint density at radius 3 is 2.32 bits per heavy atom. The highest BCUT2D eigenvalue weighted by atomic mass is 32.2. The van der Waals surface area contributed by atoms with Crippen LogP contribution in [-0.2, 0) is 14.8 Å². The molecule has 1 aliphatic rings. The van der Waals surface area contributed by atoms with E-state index in [-0.39, 0.29) is 17.4 Å². The van der Waals surface area contributed by atoms with Gasteiger partial charge in [-0.2, -0.15) is 0 Å². The topological polar surface area (TPSA) is 122 Å². The number of hydrogen-bond donors (Lipinski definition) is 1. The van der Waals surface area contributed by atoms with Gasteiger partial charge < -0.3 is 15.1 Å². The van der Waals surface area contributed by atoms with Crippen LogP contribution in [0.15, 0.2) is 66.2 Å². The molecule has 5 rings (SSSR count). The van der Waals surface area contributed by atoms with E-state index in [1.165, 1.54) is 33.4 Å². The van der Waals surface area contributed by atoms with Crippen molar-refractivity contribution in [1.29, 1.82) is 0 Å². The molecule has 12 heteroatoms. The molecule has 0 bridgehead atoms. The number of carbonyl (C=O) groups excluding carboxylic acids is 3. The first kappa shape index (κ1) is 28.2. The SMILES string of the molecule is Cc1cc(C(=O)N2CC[C@H]2C(=O)Nc2nc(-c3cccc(-c4cccc(C(=O)N(C)C)c4)c3)cs2)cn1S(C)(=O)=O. The Labute approximate surface area is 242 Å². The van der Waals surface area contributed by atoms with Crippen LogP contribution in [0, 0.1) is 6.92 Å². The van der Waals surface area contributed by atoms with Crippen LogP contribution in [0.5, 0.6) is 0 Å². The minimum atomic E-state index is -3.53. The van der Waals surface area contributed by atoms with Crippen molar-refractivity contribution in [2.24, 2.45) is 0 Å². The van der Waals surface area contributed by atoms with E-state index in [4.69, 9.17) is 0 Å². The molecular formula is C29H29N5O5S2. The normalized spacial score (nSPS) is 14.8. The van der Waals surface area contributed by atoms with E-state index in [0.29, 0.717) is 35.0 Å². The van der Waals surface area contributed by atoms with E-state index >= 15 is 0 Å². The van der Waals surface area contributed by atoms with Gasteiger partial charge in [-0.15, -0.1) is 11.3 Å². The monoisotopic (exact) mass is 591 g/mol. The van der Waals surface area contributed by atoms with Crippen molar-refractivity contribution < 1.29 is 22.8 Å². The van der Waals surface area contributed by atoms with Crippen LogP contribution in [0.4, 0.5) is 5.13 Å². The molecule has 2 aromatic carbocycles. The molecule has 1 saturated heterocycles. The Morgan fingerprint density at radius 1 is 1.00 bits per heavy atom. The number of aryl methyl sites for hydroxylation is 1. The van der Waals surface area contributed by atoms with Crippen molar-refractivity contribution >= 4 is 44.2 Å². The summed E-state index contributed by atoms with van der Waals surface area (Å²) in [5, 5.41) is 5.08. The van der Waals surface area contributed by atoms with E-state index in [1.807, 2.05) is 47.8 Å². The number of carbonyl (C=O) groups is 3. The smallest absolute Gasteiger partial charge is 0.256 e. The summed E-state index contributed by atoms with van der Waals surface area (Å²) in [6.45, 7) is 2.01.